The molecule has 2 heterocycles. The number of aliphatic hydroxyl groups is 1. The first-order valence-corrected chi connectivity index (χ1v) is 16.5. The smallest absolute Gasteiger partial charge is 0.268 e. The molecule has 0 saturated carbocycles. The number of rotatable bonds is 6. The largest absolute Gasteiger partial charge is 0.369 e. The molecule has 2 aliphatic heterocycles. The van der Waals surface area contributed by atoms with Gasteiger partial charge in [0.25, 0.3) is 17.7 Å². The number of benzene rings is 6. The van der Waals surface area contributed by atoms with Crippen LogP contribution in [0, 0.1) is 27.7 Å². The van der Waals surface area contributed by atoms with Crippen LogP contribution in [-0.2, 0) is 0 Å². The summed E-state index contributed by atoms with van der Waals surface area (Å²) in [5.74, 6) is -1.50. The van der Waals surface area contributed by atoms with E-state index in [2.05, 4.69) is 10.6 Å². The summed E-state index contributed by atoms with van der Waals surface area (Å²) >= 11 is 0. The van der Waals surface area contributed by atoms with Crippen LogP contribution in [0.1, 0.15) is 65.1 Å². The van der Waals surface area contributed by atoms with Crippen LogP contribution in [0.5, 0.6) is 0 Å². The lowest BCUT2D eigenvalue weighted by Gasteiger charge is -2.38. The third kappa shape index (κ3) is 5.00. The normalized spacial score (nSPS) is 15.1. The Kier molecular flexibility index (Phi) is 7.27. The number of nitrogens with zero attached hydrogens (tertiary/aromatic N) is 2. The summed E-state index contributed by atoms with van der Waals surface area (Å²) in [4.78, 5) is 46.7. The second-order valence-corrected chi connectivity index (χ2v) is 13.1. The van der Waals surface area contributed by atoms with E-state index in [0.717, 1.165) is 33.6 Å². The molecule has 3 N–H and O–H groups in total. The van der Waals surface area contributed by atoms with Crippen molar-refractivity contribution in [2.24, 2.45) is 0 Å². The highest BCUT2D eigenvalue weighted by molar-refractivity contribution is 6.40. The molecule has 0 bridgehead atoms. The predicted molar refractivity (Wildman–Crippen MR) is 198 cm³/mol. The van der Waals surface area contributed by atoms with Gasteiger partial charge < -0.3 is 15.7 Å². The maximum atomic E-state index is 14.8. The number of aryl methyl sites for hydroxylation is 4. The number of hydrogen-bond acceptors (Lipinski definition) is 6. The lowest BCUT2D eigenvalue weighted by molar-refractivity contribution is 0.0867. The van der Waals surface area contributed by atoms with E-state index in [-0.39, 0.29) is 16.7 Å². The summed E-state index contributed by atoms with van der Waals surface area (Å²) in [5, 5.41) is 19.7. The van der Waals surface area contributed by atoms with E-state index in [9.17, 15) is 19.5 Å². The van der Waals surface area contributed by atoms with Gasteiger partial charge in [-0.25, -0.2) is 4.90 Å². The van der Waals surface area contributed by atoms with E-state index >= 15 is 0 Å². The first-order valence-electron chi connectivity index (χ1n) is 16.5. The lowest BCUT2D eigenvalue weighted by Crippen LogP contribution is -2.43. The zero-order valence-electron chi connectivity index (χ0n) is 28.0. The second kappa shape index (κ2) is 11.7. The highest BCUT2D eigenvalue weighted by Crippen LogP contribution is 2.49. The summed E-state index contributed by atoms with van der Waals surface area (Å²) < 4.78 is 0. The van der Waals surface area contributed by atoms with Crippen LogP contribution in [0.4, 0.5) is 34.1 Å². The summed E-state index contributed by atoms with van der Waals surface area (Å²) in [6.45, 7) is 7.78. The number of anilines is 6. The molecule has 8 heteroatoms. The average molecular weight is 659 g/mol. The molecular formula is C42H34N4O4. The van der Waals surface area contributed by atoms with E-state index in [4.69, 9.17) is 0 Å². The predicted octanol–water partition coefficient (Wildman–Crippen LogP) is 9.01. The van der Waals surface area contributed by atoms with E-state index in [1.165, 1.54) is 9.80 Å². The minimum Gasteiger partial charge on any atom is -0.369 e. The molecule has 8 rings (SSSR count). The molecule has 0 spiro atoms. The molecule has 0 fully saturated rings. The van der Waals surface area contributed by atoms with Crippen molar-refractivity contribution in [1.29, 1.82) is 0 Å². The van der Waals surface area contributed by atoms with Crippen molar-refractivity contribution >= 4 is 62.6 Å². The Bertz CT molecular complexity index is 2430. The van der Waals surface area contributed by atoms with Crippen molar-refractivity contribution < 1.29 is 19.5 Å². The Labute approximate surface area is 289 Å². The minimum atomic E-state index is -1.41. The molecule has 0 unspecified atom stereocenters. The van der Waals surface area contributed by atoms with Crippen molar-refractivity contribution in [2.45, 2.75) is 33.9 Å². The molecule has 8 nitrogen and oxygen atoms in total. The number of aliphatic hydroxyl groups excluding tert-OH is 1. The van der Waals surface area contributed by atoms with Gasteiger partial charge in [-0.1, -0.05) is 48.5 Å². The highest BCUT2D eigenvalue weighted by Gasteiger charge is 2.43. The standard InChI is InChI=1S/C42H34N4O4/c1-23-9-5-13-27(17-23)43-33-21-31-36-35-32(40(48)45(41(49)37(33)35)29-15-7-11-25(3)19-29)22-34(44-28-14-6-10-24(2)18-28)38(36)42(50)46(39(31)47)30-16-8-12-26(4)20-30/h5-22,39,43-44,47H,1-4H3/t39-/m1/s1. The van der Waals surface area contributed by atoms with Crippen LogP contribution in [0.15, 0.2) is 109 Å². The van der Waals surface area contributed by atoms with Gasteiger partial charge >= 0.3 is 0 Å². The van der Waals surface area contributed by atoms with Crippen molar-refractivity contribution in [3.8, 4) is 0 Å². The van der Waals surface area contributed by atoms with Gasteiger partial charge in [0, 0.05) is 33.4 Å². The average Bonchev–Trinajstić information content (AvgIpc) is 3.07. The SMILES string of the molecule is Cc1cccc(Nc2cc3c4c(c(Nc5cccc(C)c5)cc5c4c2C(=O)N(c2cccc(C)c2)C5=O)C(=O)N(c2cccc(C)c2)[C@@H]3O)c1. The Balaban J connectivity index is 1.46. The number of carbonyl (C=O) groups is 3. The van der Waals surface area contributed by atoms with Crippen LogP contribution < -0.4 is 20.4 Å². The van der Waals surface area contributed by atoms with Gasteiger partial charge in [-0.15, -0.1) is 0 Å². The number of carbonyl (C=O) groups excluding carboxylic acids is 3. The number of hydrogen-bond donors (Lipinski definition) is 3. The molecule has 246 valence electrons. The second-order valence-electron chi connectivity index (χ2n) is 13.1. The topological polar surface area (TPSA) is 102 Å². The van der Waals surface area contributed by atoms with Crippen molar-refractivity contribution in [3.63, 3.8) is 0 Å². The Morgan fingerprint density at radius 1 is 0.540 bits per heavy atom. The summed E-state index contributed by atoms with van der Waals surface area (Å²) in [6, 6.07) is 33.6. The van der Waals surface area contributed by atoms with Crippen LogP contribution in [-0.4, -0.2) is 22.8 Å². The summed E-state index contributed by atoms with van der Waals surface area (Å²) in [5.41, 5.74) is 8.22. The lowest BCUT2D eigenvalue weighted by atomic mass is 9.83. The van der Waals surface area contributed by atoms with Gasteiger partial charge in [-0.3, -0.25) is 19.3 Å². The molecule has 0 saturated heterocycles. The van der Waals surface area contributed by atoms with Crippen molar-refractivity contribution in [2.75, 3.05) is 20.4 Å². The number of imide groups is 1. The maximum Gasteiger partial charge on any atom is 0.268 e. The van der Waals surface area contributed by atoms with Crippen LogP contribution in [0.2, 0.25) is 0 Å². The first kappa shape index (κ1) is 31.0. The van der Waals surface area contributed by atoms with Crippen LogP contribution in [0.25, 0.3) is 10.8 Å². The Morgan fingerprint density at radius 3 is 1.62 bits per heavy atom. The molecule has 0 aliphatic carbocycles. The monoisotopic (exact) mass is 658 g/mol. The van der Waals surface area contributed by atoms with Crippen molar-refractivity contribution in [1.82, 2.24) is 0 Å². The third-order valence-electron chi connectivity index (χ3n) is 9.37. The molecule has 2 aliphatic rings. The fourth-order valence-corrected chi connectivity index (χ4v) is 7.17. The van der Waals surface area contributed by atoms with E-state index in [0.29, 0.717) is 39.1 Å². The zero-order valence-corrected chi connectivity index (χ0v) is 28.0. The minimum absolute atomic E-state index is 0.244. The van der Waals surface area contributed by atoms with Crippen LogP contribution >= 0.6 is 0 Å². The maximum absolute atomic E-state index is 14.8. The van der Waals surface area contributed by atoms with Gasteiger partial charge in [0.15, 0.2) is 6.23 Å². The van der Waals surface area contributed by atoms with E-state index < -0.39 is 23.9 Å². The fourth-order valence-electron chi connectivity index (χ4n) is 7.17. The Hall–Kier alpha value is -6.25. The number of nitrogens with one attached hydrogen (secondary N) is 2. The van der Waals surface area contributed by atoms with E-state index in [1.54, 1.807) is 30.3 Å². The van der Waals surface area contributed by atoms with Gasteiger partial charge in [-0.05, 0) is 111 Å². The van der Waals surface area contributed by atoms with Crippen LogP contribution in [0.3, 0.4) is 0 Å². The van der Waals surface area contributed by atoms with Crippen molar-refractivity contribution in [3.05, 3.63) is 154 Å². The van der Waals surface area contributed by atoms with Gasteiger partial charge in [0.05, 0.1) is 33.8 Å². The molecule has 6 aromatic rings. The quantitative estimate of drug-likeness (QED) is 0.154. The molecule has 50 heavy (non-hydrogen) atoms. The molecule has 6 aromatic carbocycles. The van der Waals surface area contributed by atoms with Gasteiger partial charge in [0.1, 0.15) is 0 Å². The van der Waals surface area contributed by atoms with E-state index in [1.807, 2.05) is 107 Å². The first-order chi connectivity index (χ1) is 24.1. The van der Waals surface area contributed by atoms with Gasteiger partial charge in [-0.2, -0.15) is 0 Å². The molecule has 0 aromatic heterocycles. The fraction of sp³-hybridized carbons (Fsp3) is 0.119. The zero-order chi connectivity index (χ0) is 34.8. The Morgan fingerprint density at radius 2 is 1.04 bits per heavy atom. The third-order valence-corrected chi connectivity index (χ3v) is 9.37. The molecule has 3 amide bonds. The molecule has 0 radical (unpaired) electrons. The summed E-state index contributed by atoms with van der Waals surface area (Å²) in [7, 11) is 0. The highest BCUT2D eigenvalue weighted by atomic mass is 16.3. The number of amides is 3. The summed E-state index contributed by atoms with van der Waals surface area (Å²) in [6.07, 6.45) is -1.41. The molecule has 1 atom stereocenters. The molecular weight excluding hydrogens is 624 g/mol. The van der Waals surface area contributed by atoms with Gasteiger partial charge in [0.2, 0.25) is 0 Å².